The van der Waals surface area contributed by atoms with Crippen LogP contribution >= 0.6 is 0 Å². The summed E-state index contributed by atoms with van der Waals surface area (Å²) >= 11 is 0. The first kappa shape index (κ1) is 11.0. The Balaban J connectivity index is 2.20. The molecule has 3 heteroatoms. The first-order valence-corrected chi connectivity index (χ1v) is 5.09. The Bertz CT molecular complexity index is 147. The van der Waals surface area contributed by atoms with Gasteiger partial charge in [0.25, 0.3) is 0 Å². The van der Waals surface area contributed by atoms with Crippen LogP contribution in [0.5, 0.6) is 0 Å². The minimum atomic E-state index is -0.117. The minimum Gasteiger partial charge on any atom is -0.381 e. The van der Waals surface area contributed by atoms with Crippen LogP contribution in [0.2, 0.25) is 0 Å². The van der Waals surface area contributed by atoms with Gasteiger partial charge in [-0.3, -0.25) is 0 Å². The van der Waals surface area contributed by atoms with Gasteiger partial charge in [0.1, 0.15) is 0 Å². The van der Waals surface area contributed by atoms with Crippen LogP contribution in [-0.4, -0.2) is 31.3 Å². The van der Waals surface area contributed by atoms with Crippen LogP contribution in [-0.2, 0) is 4.74 Å². The highest BCUT2D eigenvalue weighted by molar-refractivity contribution is 4.81. The lowest BCUT2D eigenvalue weighted by atomic mass is 9.99. The molecule has 78 valence electrons. The lowest BCUT2D eigenvalue weighted by molar-refractivity contribution is 0.177. The average molecular weight is 186 g/mol. The van der Waals surface area contributed by atoms with Gasteiger partial charge in [0.05, 0.1) is 6.61 Å². The van der Waals surface area contributed by atoms with E-state index in [2.05, 4.69) is 12.2 Å². The van der Waals surface area contributed by atoms with E-state index >= 15 is 0 Å². The Morgan fingerprint density at radius 3 is 2.77 bits per heavy atom. The quantitative estimate of drug-likeness (QED) is 0.680. The van der Waals surface area contributed by atoms with Gasteiger partial charge in [0, 0.05) is 24.7 Å². The van der Waals surface area contributed by atoms with Crippen molar-refractivity contribution in [2.24, 2.45) is 11.7 Å². The normalized spacial score (nSPS) is 26.3. The Hall–Kier alpha value is -0.120. The molecule has 0 amide bonds. The van der Waals surface area contributed by atoms with Gasteiger partial charge in [-0.1, -0.05) is 0 Å². The average Bonchev–Trinajstić information content (AvgIpc) is 2.50. The van der Waals surface area contributed by atoms with E-state index in [4.69, 9.17) is 10.5 Å². The van der Waals surface area contributed by atoms with Crippen molar-refractivity contribution in [2.75, 3.05) is 19.8 Å². The highest BCUT2D eigenvalue weighted by atomic mass is 16.5. The van der Waals surface area contributed by atoms with Crippen LogP contribution < -0.4 is 11.1 Å². The maximum atomic E-state index is 5.89. The Morgan fingerprint density at radius 2 is 2.31 bits per heavy atom. The second-order valence-corrected chi connectivity index (χ2v) is 4.78. The molecule has 3 nitrogen and oxygen atoms in total. The van der Waals surface area contributed by atoms with Gasteiger partial charge in [-0.25, -0.2) is 0 Å². The fourth-order valence-electron chi connectivity index (χ4n) is 1.54. The molecule has 3 N–H and O–H groups in total. The van der Waals surface area contributed by atoms with Crippen molar-refractivity contribution in [3.05, 3.63) is 0 Å². The van der Waals surface area contributed by atoms with Crippen molar-refractivity contribution >= 4 is 0 Å². The Morgan fingerprint density at radius 1 is 1.62 bits per heavy atom. The molecule has 0 aliphatic carbocycles. The van der Waals surface area contributed by atoms with Crippen molar-refractivity contribution in [3.8, 4) is 0 Å². The number of nitrogens with one attached hydrogen (secondary N) is 1. The van der Waals surface area contributed by atoms with E-state index < -0.39 is 0 Å². The maximum Gasteiger partial charge on any atom is 0.0509 e. The summed E-state index contributed by atoms with van der Waals surface area (Å²) in [6.45, 7) is 8.98. The zero-order chi connectivity index (χ0) is 9.90. The van der Waals surface area contributed by atoms with Crippen molar-refractivity contribution in [1.29, 1.82) is 0 Å². The monoisotopic (exact) mass is 186 g/mol. The second-order valence-electron chi connectivity index (χ2n) is 4.78. The van der Waals surface area contributed by atoms with Crippen molar-refractivity contribution < 1.29 is 4.74 Å². The number of hydrogen-bond donors (Lipinski definition) is 2. The van der Waals surface area contributed by atoms with E-state index in [1.807, 2.05) is 13.8 Å². The van der Waals surface area contributed by atoms with Gasteiger partial charge >= 0.3 is 0 Å². The molecule has 0 spiro atoms. The van der Waals surface area contributed by atoms with Crippen molar-refractivity contribution in [2.45, 2.75) is 38.8 Å². The summed E-state index contributed by atoms with van der Waals surface area (Å²) in [7, 11) is 0. The van der Waals surface area contributed by atoms with Gasteiger partial charge in [-0.2, -0.15) is 0 Å². The van der Waals surface area contributed by atoms with Crippen LogP contribution in [0, 0.1) is 5.92 Å². The van der Waals surface area contributed by atoms with Gasteiger partial charge < -0.3 is 15.8 Å². The molecule has 1 saturated heterocycles. The summed E-state index contributed by atoms with van der Waals surface area (Å²) in [4.78, 5) is 0. The minimum absolute atomic E-state index is 0.117. The number of nitrogens with two attached hydrogens (primary N) is 1. The molecule has 1 rings (SSSR count). The number of ether oxygens (including phenoxy) is 1. The predicted octanol–water partition coefficient (Wildman–Crippen LogP) is 0.738. The van der Waals surface area contributed by atoms with Crippen molar-refractivity contribution in [3.63, 3.8) is 0 Å². The van der Waals surface area contributed by atoms with E-state index in [-0.39, 0.29) is 5.54 Å². The molecule has 0 aromatic rings. The zero-order valence-corrected chi connectivity index (χ0v) is 8.97. The van der Waals surface area contributed by atoms with Crippen LogP contribution in [0.15, 0.2) is 0 Å². The zero-order valence-electron chi connectivity index (χ0n) is 8.97. The van der Waals surface area contributed by atoms with Gasteiger partial charge in [0.15, 0.2) is 0 Å². The van der Waals surface area contributed by atoms with Gasteiger partial charge in [0.2, 0.25) is 0 Å². The van der Waals surface area contributed by atoms with Crippen LogP contribution in [0.1, 0.15) is 27.2 Å². The van der Waals surface area contributed by atoms with E-state index in [9.17, 15) is 0 Å². The van der Waals surface area contributed by atoms with Crippen LogP contribution in [0.25, 0.3) is 0 Å². The molecule has 0 radical (unpaired) electrons. The summed E-state index contributed by atoms with van der Waals surface area (Å²) in [5, 5.41) is 3.46. The third kappa shape index (κ3) is 4.07. The molecule has 1 heterocycles. The van der Waals surface area contributed by atoms with E-state index in [1.165, 1.54) is 6.42 Å². The molecule has 0 bridgehead atoms. The highest BCUT2D eigenvalue weighted by Crippen LogP contribution is 2.16. The molecule has 2 atom stereocenters. The Labute approximate surface area is 81.0 Å². The summed E-state index contributed by atoms with van der Waals surface area (Å²) in [6, 6.07) is 0.519. The van der Waals surface area contributed by atoms with Crippen LogP contribution in [0.4, 0.5) is 0 Å². The van der Waals surface area contributed by atoms with E-state index in [0.717, 1.165) is 19.8 Å². The number of rotatable bonds is 4. The summed E-state index contributed by atoms with van der Waals surface area (Å²) < 4.78 is 5.34. The SMILES string of the molecule is CC(NCC(C)(C)N)C1CCOC1. The third-order valence-electron chi connectivity index (χ3n) is 2.55. The molecular formula is C10H22N2O. The smallest absolute Gasteiger partial charge is 0.0509 e. The summed E-state index contributed by atoms with van der Waals surface area (Å²) in [5.74, 6) is 0.669. The third-order valence-corrected chi connectivity index (χ3v) is 2.55. The Kier molecular flexibility index (Phi) is 3.71. The topological polar surface area (TPSA) is 47.3 Å². The summed E-state index contributed by atoms with van der Waals surface area (Å²) in [6.07, 6.45) is 1.18. The fourth-order valence-corrected chi connectivity index (χ4v) is 1.54. The first-order chi connectivity index (χ1) is 5.99. The van der Waals surface area contributed by atoms with Gasteiger partial charge in [-0.15, -0.1) is 0 Å². The number of hydrogen-bond acceptors (Lipinski definition) is 3. The highest BCUT2D eigenvalue weighted by Gasteiger charge is 2.23. The molecule has 13 heavy (non-hydrogen) atoms. The van der Waals surface area contributed by atoms with E-state index in [1.54, 1.807) is 0 Å². The van der Waals surface area contributed by atoms with Gasteiger partial charge in [-0.05, 0) is 33.1 Å². The van der Waals surface area contributed by atoms with Crippen molar-refractivity contribution in [1.82, 2.24) is 5.32 Å². The lowest BCUT2D eigenvalue weighted by Gasteiger charge is -2.25. The lowest BCUT2D eigenvalue weighted by Crippen LogP contribution is -2.47. The predicted molar refractivity (Wildman–Crippen MR) is 54.7 cm³/mol. The molecule has 0 saturated carbocycles. The molecule has 0 aromatic carbocycles. The molecule has 2 unspecified atom stereocenters. The summed E-state index contributed by atoms with van der Waals surface area (Å²) in [5.41, 5.74) is 5.77. The molecule has 1 aliphatic rings. The maximum absolute atomic E-state index is 5.89. The second kappa shape index (κ2) is 4.40. The standard InChI is InChI=1S/C10H22N2O/c1-8(9-4-5-13-6-9)12-7-10(2,3)11/h8-9,12H,4-7,11H2,1-3H3. The fraction of sp³-hybridized carbons (Fsp3) is 1.00. The molecule has 0 aromatic heterocycles. The van der Waals surface area contributed by atoms with E-state index in [0.29, 0.717) is 12.0 Å². The molecular weight excluding hydrogens is 164 g/mol. The first-order valence-electron chi connectivity index (χ1n) is 5.09. The largest absolute Gasteiger partial charge is 0.381 e. The molecule has 1 aliphatic heterocycles. The van der Waals surface area contributed by atoms with Crippen LogP contribution in [0.3, 0.4) is 0 Å². The molecule has 1 fully saturated rings.